The lowest BCUT2D eigenvalue weighted by Crippen LogP contribution is -3.16. The van der Waals surface area contributed by atoms with Crippen LogP contribution in [0.4, 0.5) is 5.69 Å². The molecular formula is C23H22ClN2O3+. The van der Waals surface area contributed by atoms with Gasteiger partial charge in [0.05, 0.1) is 12.2 Å². The highest BCUT2D eigenvalue weighted by atomic mass is 35.5. The molecule has 5 nitrogen and oxygen atoms in total. The molecule has 1 N–H and O–H groups in total. The Kier molecular flexibility index (Phi) is 4.33. The Hall–Kier alpha value is -2.50. The number of carbonyl (C=O) groups excluding carboxylic acids is 3. The first-order chi connectivity index (χ1) is 14.0. The number of nitrogens with one attached hydrogen (secondary N) is 1. The van der Waals surface area contributed by atoms with Gasteiger partial charge >= 0.3 is 0 Å². The second-order valence-corrected chi connectivity index (χ2v) is 8.76. The fraction of sp³-hybridized carbons (Fsp3) is 0.348. The fourth-order valence-electron chi connectivity index (χ4n) is 5.48. The number of aryl methyl sites for hydroxylation is 1. The van der Waals surface area contributed by atoms with Crippen molar-refractivity contribution in [1.82, 2.24) is 0 Å². The number of halogens is 1. The van der Waals surface area contributed by atoms with Crippen LogP contribution in [0.15, 0.2) is 48.5 Å². The lowest BCUT2D eigenvalue weighted by atomic mass is 9.85. The van der Waals surface area contributed by atoms with Crippen LogP contribution in [0.5, 0.6) is 0 Å². The van der Waals surface area contributed by atoms with Crippen molar-refractivity contribution in [1.29, 1.82) is 0 Å². The summed E-state index contributed by atoms with van der Waals surface area (Å²) in [6.45, 7) is 2.79. The van der Waals surface area contributed by atoms with E-state index in [-0.39, 0.29) is 23.6 Å². The standard InChI is InChI=1S/C23H21ClN2O3/c1-13-4-10-16(11-5-13)26-22(28)18-17-3-2-12-25(17)20(19(18)23(26)29)21(27)14-6-8-15(24)9-7-14/h4-11,17-20H,2-3,12H2,1H3/p+1/t17-,18-,19+,20-/m0/s1. The van der Waals surface area contributed by atoms with Crippen LogP contribution in [0.25, 0.3) is 0 Å². The van der Waals surface area contributed by atoms with Gasteiger partial charge in [-0.05, 0) is 43.3 Å². The quantitative estimate of drug-likeness (QED) is 0.623. The van der Waals surface area contributed by atoms with E-state index in [0.29, 0.717) is 16.3 Å². The molecule has 3 aliphatic heterocycles. The van der Waals surface area contributed by atoms with E-state index in [1.54, 1.807) is 24.3 Å². The van der Waals surface area contributed by atoms with Gasteiger partial charge in [0.2, 0.25) is 17.6 Å². The Balaban J connectivity index is 1.54. The van der Waals surface area contributed by atoms with E-state index in [2.05, 4.69) is 0 Å². The summed E-state index contributed by atoms with van der Waals surface area (Å²) in [5.41, 5.74) is 2.21. The maximum atomic E-state index is 13.4. The molecule has 0 spiro atoms. The van der Waals surface area contributed by atoms with Gasteiger partial charge in [-0.3, -0.25) is 14.4 Å². The van der Waals surface area contributed by atoms with Gasteiger partial charge < -0.3 is 4.90 Å². The van der Waals surface area contributed by atoms with Crippen LogP contribution in [0.1, 0.15) is 28.8 Å². The van der Waals surface area contributed by atoms with E-state index in [1.807, 2.05) is 31.2 Å². The van der Waals surface area contributed by atoms with Crippen LogP contribution < -0.4 is 9.80 Å². The fourth-order valence-corrected chi connectivity index (χ4v) is 5.61. The minimum atomic E-state index is -0.590. The van der Waals surface area contributed by atoms with Crippen molar-refractivity contribution in [2.75, 3.05) is 11.4 Å². The maximum Gasteiger partial charge on any atom is 0.244 e. The normalized spacial score (nSPS) is 30.6. The van der Waals surface area contributed by atoms with Gasteiger partial charge in [-0.25, -0.2) is 4.90 Å². The number of hydrogen-bond acceptors (Lipinski definition) is 3. The number of amides is 2. The first kappa shape index (κ1) is 18.5. The number of imide groups is 1. The molecule has 148 valence electrons. The van der Waals surface area contributed by atoms with Crippen LogP contribution in [0.2, 0.25) is 5.02 Å². The summed E-state index contributed by atoms with van der Waals surface area (Å²) in [7, 11) is 0. The van der Waals surface area contributed by atoms with Gasteiger partial charge in [-0.15, -0.1) is 0 Å². The predicted octanol–water partition coefficient (Wildman–Crippen LogP) is 2.07. The third-order valence-corrected chi connectivity index (χ3v) is 7.00. The molecule has 0 aliphatic carbocycles. The molecule has 3 saturated heterocycles. The number of ketones is 1. The zero-order chi connectivity index (χ0) is 20.3. The third kappa shape index (κ3) is 2.75. The highest BCUT2D eigenvalue weighted by molar-refractivity contribution is 6.30. The summed E-state index contributed by atoms with van der Waals surface area (Å²) >= 11 is 5.97. The predicted molar refractivity (Wildman–Crippen MR) is 109 cm³/mol. The molecule has 29 heavy (non-hydrogen) atoms. The van der Waals surface area contributed by atoms with E-state index in [9.17, 15) is 14.4 Å². The molecule has 2 amide bonds. The van der Waals surface area contributed by atoms with Gasteiger partial charge in [0, 0.05) is 23.4 Å². The van der Waals surface area contributed by atoms with E-state index < -0.39 is 17.9 Å². The number of benzene rings is 2. The second kappa shape index (κ2) is 6.78. The lowest BCUT2D eigenvalue weighted by Gasteiger charge is -2.25. The zero-order valence-electron chi connectivity index (χ0n) is 16.1. The first-order valence-corrected chi connectivity index (χ1v) is 10.4. The lowest BCUT2D eigenvalue weighted by molar-refractivity contribution is -0.915. The Bertz CT molecular complexity index is 1000. The van der Waals surface area contributed by atoms with Crippen LogP contribution in [0.3, 0.4) is 0 Å². The van der Waals surface area contributed by atoms with Crippen molar-refractivity contribution in [2.45, 2.75) is 31.8 Å². The molecule has 0 saturated carbocycles. The molecular weight excluding hydrogens is 388 g/mol. The van der Waals surface area contributed by atoms with Gasteiger partial charge in [0.1, 0.15) is 17.9 Å². The summed E-state index contributed by atoms with van der Waals surface area (Å²) in [5.74, 6) is -1.46. The number of quaternary nitrogens is 1. The van der Waals surface area contributed by atoms with Crippen molar-refractivity contribution in [3.63, 3.8) is 0 Å². The van der Waals surface area contributed by atoms with E-state index >= 15 is 0 Å². The minimum Gasteiger partial charge on any atom is -0.322 e. The number of rotatable bonds is 3. The summed E-state index contributed by atoms with van der Waals surface area (Å²) < 4.78 is 0. The molecule has 5 atom stereocenters. The monoisotopic (exact) mass is 409 g/mol. The summed E-state index contributed by atoms with van der Waals surface area (Å²) in [6.07, 6.45) is 1.85. The smallest absolute Gasteiger partial charge is 0.244 e. The average Bonchev–Trinajstić information content (AvgIpc) is 3.35. The zero-order valence-corrected chi connectivity index (χ0v) is 16.9. The summed E-state index contributed by atoms with van der Waals surface area (Å²) in [6, 6.07) is 13.7. The minimum absolute atomic E-state index is 0.0353. The number of fused-ring (bicyclic) bond motifs is 3. The summed E-state index contributed by atoms with van der Waals surface area (Å²) in [4.78, 5) is 42.6. The number of Topliss-reactive ketones (excluding diaryl/α,β-unsaturated/α-hetero) is 1. The summed E-state index contributed by atoms with van der Waals surface area (Å²) in [5, 5.41) is 0.565. The number of nitrogens with zero attached hydrogens (tertiary/aromatic N) is 1. The molecule has 5 rings (SSSR count). The van der Waals surface area contributed by atoms with Crippen LogP contribution in [-0.4, -0.2) is 36.2 Å². The molecule has 2 aromatic rings. The van der Waals surface area contributed by atoms with Gasteiger partial charge in [0.25, 0.3) is 0 Å². The van der Waals surface area contributed by atoms with Crippen molar-refractivity contribution in [2.24, 2.45) is 11.8 Å². The number of hydrogen-bond donors (Lipinski definition) is 1. The van der Waals surface area contributed by atoms with E-state index in [4.69, 9.17) is 11.6 Å². The van der Waals surface area contributed by atoms with E-state index in [1.165, 1.54) is 4.90 Å². The highest BCUT2D eigenvalue weighted by Crippen LogP contribution is 2.40. The highest BCUT2D eigenvalue weighted by Gasteiger charge is 2.68. The Labute approximate surface area is 174 Å². The third-order valence-electron chi connectivity index (χ3n) is 6.75. The second-order valence-electron chi connectivity index (χ2n) is 8.32. The van der Waals surface area contributed by atoms with Crippen LogP contribution >= 0.6 is 11.6 Å². The van der Waals surface area contributed by atoms with Gasteiger partial charge in [-0.1, -0.05) is 29.3 Å². The van der Waals surface area contributed by atoms with Crippen molar-refractivity contribution >= 4 is 34.9 Å². The Morgan fingerprint density at radius 3 is 2.34 bits per heavy atom. The van der Waals surface area contributed by atoms with Crippen LogP contribution in [-0.2, 0) is 9.59 Å². The molecule has 0 radical (unpaired) electrons. The number of carbonyl (C=O) groups is 3. The maximum absolute atomic E-state index is 13.4. The Morgan fingerprint density at radius 1 is 1.00 bits per heavy atom. The van der Waals surface area contributed by atoms with Crippen molar-refractivity contribution in [3.8, 4) is 0 Å². The molecule has 0 bridgehead atoms. The molecule has 6 heteroatoms. The molecule has 2 aromatic carbocycles. The molecule has 0 aromatic heterocycles. The van der Waals surface area contributed by atoms with E-state index in [0.717, 1.165) is 29.8 Å². The topological polar surface area (TPSA) is 58.9 Å². The van der Waals surface area contributed by atoms with Crippen molar-refractivity contribution < 1.29 is 19.3 Å². The molecule has 3 heterocycles. The number of anilines is 1. The Morgan fingerprint density at radius 2 is 1.66 bits per heavy atom. The largest absolute Gasteiger partial charge is 0.322 e. The van der Waals surface area contributed by atoms with Crippen molar-refractivity contribution in [3.05, 3.63) is 64.7 Å². The first-order valence-electron chi connectivity index (χ1n) is 10.1. The average molecular weight is 410 g/mol. The SMILES string of the molecule is Cc1ccc(N2C(=O)[C@@H]3[C@@H](C2=O)[C@@H]2CCC[NH+]2[C@@H]3C(=O)c2ccc(Cl)cc2)cc1. The molecule has 3 fully saturated rings. The molecule has 3 aliphatic rings. The van der Waals surface area contributed by atoms with Gasteiger partial charge in [0.15, 0.2) is 6.04 Å². The molecule has 1 unspecified atom stereocenters. The van der Waals surface area contributed by atoms with Gasteiger partial charge in [-0.2, -0.15) is 0 Å². The van der Waals surface area contributed by atoms with Crippen LogP contribution in [0, 0.1) is 18.8 Å².